The highest BCUT2D eigenvalue weighted by molar-refractivity contribution is 5.78. The molecule has 7 heteroatoms. The van der Waals surface area contributed by atoms with Gasteiger partial charge in [0.1, 0.15) is 12.0 Å². The smallest absolute Gasteiger partial charge is 0.160 e. The summed E-state index contributed by atoms with van der Waals surface area (Å²) in [5.41, 5.74) is 6.79. The highest BCUT2D eigenvalue weighted by atomic mass is 19.2. The third-order valence-electron chi connectivity index (χ3n) is 3.11. The van der Waals surface area contributed by atoms with Crippen molar-refractivity contribution in [1.29, 1.82) is 0 Å². The van der Waals surface area contributed by atoms with Crippen LogP contribution in [0.25, 0.3) is 0 Å². The molecule has 0 saturated heterocycles. The number of nitrogens with two attached hydrogens (primary N) is 1. The van der Waals surface area contributed by atoms with Gasteiger partial charge in [-0.2, -0.15) is 0 Å². The molecule has 1 heterocycles. The lowest BCUT2D eigenvalue weighted by Crippen LogP contribution is -2.24. The second-order valence-electron chi connectivity index (χ2n) is 4.39. The van der Waals surface area contributed by atoms with Gasteiger partial charge in [0.25, 0.3) is 0 Å². The number of aromatic nitrogens is 2. The van der Waals surface area contributed by atoms with E-state index in [0.717, 1.165) is 25.2 Å². The Morgan fingerprint density at radius 3 is 2.48 bits per heavy atom. The number of hydrogen-bond donors (Lipinski definition) is 2. The highest BCUT2D eigenvalue weighted by Crippen LogP contribution is 2.28. The van der Waals surface area contributed by atoms with Gasteiger partial charge in [-0.05, 0) is 26.0 Å². The fourth-order valence-electron chi connectivity index (χ4n) is 1.97. The first-order chi connectivity index (χ1) is 10.1. The quantitative estimate of drug-likeness (QED) is 0.887. The zero-order valence-electron chi connectivity index (χ0n) is 11.9. The van der Waals surface area contributed by atoms with Gasteiger partial charge in [0, 0.05) is 24.8 Å². The van der Waals surface area contributed by atoms with Crippen molar-refractivity contribution < 1.29 is 8.78 Å². The number of anilines is 4. The molecule has 0 aliphatic rings. The van der Waals surface area contributed by atoms with Crippen LogP contribution in [0, 0.1) is 11.6 Å². The molecule has 5 nitrogen and oxygen atoms in total. The summed E-state index contributed by atoms with van der Waals surface area (Å²) in [6.45, 7) is 5.49. The summed E-state index contributed by atoms with van der Waals surface area (Å²) in [5.74, 6) is -0.866. The van der Waals surface area contributed by atoms with E-state index in [2.05, 4.69) is 15.3 Å². The van der Waals surface area contributed by atoms with Crippen LogP contribution in [0.5, 0.6) is 0 Å². The van der Waals surface area contributed by atoms with Crippen LogP contribution in [-0.4, -0.2) is 23.1 Å². The fourth-order valence-corrected chi connectivity index (χ4v) is 1.97. The molecule has 0 amide bonds. The molecule has 0 bridgehead atoms. The summed E-state index contributed by atoms with van der Waals surface area (Å²) >= 11 is 0. The van der Waals surface area contributed by atoms with Crippen LogP contribution >= 0.6 is 0 Å². The molecule has 0 fully saturated rings. The van der Waals surface area contributed by atoms with E-state index in [-0.39, 0.29) is 0 Å². The lowest BCUT2D eigenvalue weighted by atomic mass is 10.3. The average molecular weight is 293 g/mol. The van der Waals surface area contributed by atoms with E-state index in [1.165, 1.54) is 12.4 Å². The number of benzene rings is 1. The molecule has 0 radical (unpaired) electrons. The third-order valence-corrected chi connectivity index (χ3v) is 3.11. The Bertz CT molecular complexity index is 629. The molecule has 1 aromatic carbocycles. The Labute approximate surface area is 121 Å². The van der Waals surface area contributed by atoms with Crippen molar-refractivity contribution >= 4 is 23.0 Å². The Kier molecular flexibility index (Phi) is 4.52. The van der Waals surface area contributed by atoms with Gasteiger partial charge in [-0.1, -0.05) is 0 Å². The molecule has 2 aromatic rings. The second-order valence-corrected chi connectivity index (χ2v) is 4.39. The summed E-state index contributed by atoms with van der Waals surface area (Å²) < 4.78 is 26.1. The normalized spacial score (nSPS) is 10.5. The minimum atomic E-state index is -0.934. The van der Waals surface area contributed by atoms with Gasteiger partial charge in [-0.25, -0.2) is 18.7 Å². The fraction of sp³-hybridized carbons (Fsp3) is 0.286. The predicted octanol–water partition coefficient (Wildman–Crippen LogP) is 2.93. The minimum Gasteiger partial charge on any atom is -0.393 e. The van der Waals surface area contributed by atoms with Gasteiger partial charge < -0.3 is 16.0 Å². The van der Waals surface area contributed by atoms with E-state index in [9.17, 15) is 8.78 Å². The second kappa shape index (κ2) is 6.34. The van der Waals surface area contributed by atoms with Crippen LogP contribution in [0.1, 0.15) is 13.8 Å². The first-order valence-electron chi connectivity index (χ1n) is 6.64. The van der Waals surface area contributed by atoms with Crippen molar-refractivity contribution in [3.05, 3.63) is 36.2 Å². The van der Waals surface area contributed by atoms with Gasteiger partial charge in [0.15, 0.2) is 23.3 Å². The maximum atomic E-state index is 13.2. The standard InChI is InChI=1S/C14H17F2N5/c1-3-21(4-2)14-12(17)13(18-8-19-14)20-9-5-6-10(15)11(16)7-9/h5-8H,3-4,17H2,1-2H3,(H,18,19,20). The van der Waals surface area contributed by atoms with E-state index in [0.29, 0.717) is 23.0 Å². The van der Waals surface area contributed by atoms with Gasteiger partial charge >= 0.3 is 0 Å². The summed E-state index contributed by atoms with van der Waals surface area (Å²) in [4.78, 5) is 10.2. The highest BCUT2D eigenvalue weighted by Gasteiger charge is 2.13. The van der Waals surface area contributed by atoms with Gasteiger partial charge in [0.05, 0.1) is 0 Å². The van der Waals surface area contributed by atoms with Crippen LogP contribution in [0.4, 0.5) is 31.8 Å². The van der Waals surface area contributed by atoms with E-state index >= 15 is 0 Å². The van der Waals surface area contributed by atoms with Crippen LogP contribution in [0.2, 0.25) is 0 Å². The lowest BCUT2D eigenvalue weighted by Gasteiger charge is -2.22. The summed E-state index contributed by atoms with van der Waals surface area (Å²) in [6, 6.07) is 3.51. The molecule has 2 rings (SSSR count). The largest absolute Gasteiger partial charge is 0.393 e. The summed E-state index contributed by atoms with van der Waals surface area (Å²) in [7, 11) is 0. The van der Waals surface area contributed by atoms with E-state index < -0.39 is 11.6 Å². The third kappa shape index (κ3) is 3.18. The Morgan fingerprint density at radius 2 is 1.86 bits per heavy atom. The summed E-state index contributed by atoms with van der Waals surface area (Å²) in [5, 5.41) is 2.87. The minimum absolute atomic E-state index is 0.359. The number of nitrogens with one attached hydrogen (secondary N) is 1. The molecule has 0 aliphatic carbocycles. The van der Waals surface area contributed by atoms with Crippen molar-refractivity contribution in [2.24, 2.45) is 0 Å². The van der Waals surface area contributed by atoms with Gasteiger partial charge in [-0.3, -0.25) is 0 Å². The summed E-state index contributed by atoms with van der Waals surface area (Å²) in [6.07, 6.45) is 1.38. The van der Waals surface area contributed by atoms with Crippen LogP contribution in [-0.2, 0) is 0 Å². The molecule has 0 aliphatic heterocycles. The molecule has 0 unspecified atom stereocenters. The van der Waals surface area contributed by atoms with Crippen molar-refractivity contribution in [1.82, 2.24) is 9.97 Å². The SMILES string of the molecule is CCN(CC)c1ncnc(Nc2ccc(F)c(F)c2)c1N. The maximum Gasteiger partial charge on any atom is 0.160 e. The number of hydrogen-bond acceptors (Lipinski definition) is 5. The number of nitrogens with zero attached hydrogens (tertiary/aromatic N) is 3. The van der Waals surface area contributed by atoms with E-state index in [1.54, 1.807) is 0 Å². The number of nitrogen functional groups attached to an aromatic ring is 1. The molecule has 112 valence electrons. The number of rotatable bonds is 5. The van der Waals surface area contributed by atoms with Crippen molar-refractivity contribution in [2.75, 3.05) is 29.0 Å². The number of halogens is 2. The Hall–Kier alpha value is -2.44. The molecule has 0 spiro atoms. The molecule has 21 heavy (non-hydrogen) atoms. The van der Waals surface area contributed by atoms with E-state index in [4.69, 9.17) is 5.73 Å². The van der Waals surface area contributed by atoms with Crippen molar-refractivity contribution in [3.8, 4) is 0 Å². The van der Waals surface area contributed by atoms with Crippen LogP contribution in [0.3, 0.4) is 0 Å². The lowest BCUT2D eigenvalue weighted by molar-refractivity contribution is 0.509. The first kappa shape index (κ1) is 15.0. The maximum absolute atomic E-state index is 13.2. The zero-order valence-corrected chi connectivity index (χ0v) is 11.9. The molecule has 0 saturated carbocycles. The van der Waals surface area contributed by atoms with Crippen molar-refractivity contribution in [2.45, 2.75) is 13.8 Å². The Balaban J connectivity index is 2.32. The van der Waals surface area contributed by atoms with Crippen LogP contribution in [0.15, 0.2) is 24.5 Å². The van der Waals surface area contributed by atoms with Crippen LogP contribution < -0.4 is 16.0 Å². The molecular weight excluding hydrogens is 276 g/mol. The molecule has 3 N–H and O–H groups in total. The molecule has 0 atom stereocenters. The van der Waals surface area contributed by atoms with Gasteiger partial charge in [-0.15, -0.1) is 0 Å². The Morgan fingerprint density at radius 1 is 1.14 bits per heavy atom. The topological polar surface area (TPSA) is 67.1 Å². The first-order valence-corrected chi connectivity index (χ1v) is 6.64. The average Bonchev–Trinajstić information content (AvgIpc) is 2.48. The predicted molar refractivity (Wildman–Crippen MR) is 79.6 cm³/mol. The molecular formula is C14H17F2N5. The van der Waals surface area contributed by atoms with Gasteiger partial charge in [0.2, 0.25) is 0 Å². The van der Waals surface area contributed by atoms with E-state index in [1.807, 2.05) is 18.7 Å². The molecule has 1 aromatic heterocycles. The van der Waals surface area contributed by atoms with Crippen molar-refractivity contribution in [3.63, 3.8) is 0 Å². The zero-order chi connectivity index (χ0) is 15.4. The monoisotopic (exact) mass is 293 g/mol.